The Balaban J connectivity index is 1.92. The summed E-state index contributed by atoms with van der Waals surface area (Å²) in [6.07, 6.45) is 4.98. The van der Waals surface area contributed by atoms with Crippen LogP contribution in [-0.2, 0) is 4.79 Å². The number of amides is 1. The van der Waals surface area contributed by atoms with Crippen molar-refractivity contribution in [3.05, 3.63) is 29.3 Å². The van der Waals surface area contributed by atoms with Crippen molar-refractivity contribution < 1.29 is 14.6 Å². The first-order chi connectivity index (χ1) is 10.1. The highest BCUT2D eigenvalue weighted by Crippen LogP contribution is 2.28. The van der Waals surface area contributed by atoms with Crippen molar-refractivity contribution in [2.75, 3.05) is 13.2 Å². The molecule has 116 valence electrons. The van der Waals surface area contributed by atoms with E-state index in [9.17, 15) is 9.90 Å². The highest BCUT2D eigenvalue weighted by molar-refractivity contribution is 5.78. The van der Waals surface area contributed by atoms with Gasteiger partial charge in [-0.15, -0.1) is 0 Å². The first-order valence-electron chi connectivity index (χ1n) is 7.67. The standard InChI is InChI=1S/C17H25NO3/c1-13-7-6-8-14(2)16(13)21-11-15(20)18-17(12-19)9-4-3-5-10-17/h6-8,19H,3-5,9-12H2,1-2H3,(H,18,20). The fourth-order valence-electron chi connectivity index (χ4n) is 3.05. The van der Waals surface area contributed by atoms with E-state index in [4.69, 9.17) is 4.74 Å². The van der Waals surface area contributed by atoms with E-state index in [0.717, 1.165) is 42.6 Å². The Morgan fingerprint density at radius 3 is 2.43 bits per heavy atom. The number of hydrogen-bond donors (Lipinski definition) is 2. The Hall–Kier alpha value is -1.55. The minimum absolute atomic E-state index is 0.00212. The summed E-state index contributed by atoms with van der Waals surface area (Å²) < 4.78 is 5.67. The molecule has 0 heterocycles. The Labute approximate surface area is 126 Å². The maximum atomic E-state index is 12.1. The van der Waals surface area contributed by atoms with Crippen LogP contribution in [0.15, 0.2) is 18.2 Å². The molecule has 0 unspecified atom stereocenters. The van der Waals surface area contributed by atoms with Gasteiger partial charge in [-0.1, -0.05) is 37.5 Å². The number of aliphatic hydroxyl groups is 1. The topological polar surface area (TPSA) is 58.6 Å². The molecule has 4 heteroatoms. The van der Waals surface area contributed by atoms with Gasteiger partial charge in [0.25, 0.3) is 5.91 Å². The monoisotopic (exact) mass is 291 g/mol. The molecule has 1 amide bonds. The summed E-state index contributed by atoms with van der Waals surface area (Å²) in [4.78, 5) is 12.1. The quantitative estimate of drug-likeness (QED) is 0.876. The number of carbonyl (C=O) groups is 1. The smallest absolute Gasteiger partial charge is 0.258 e. The largest absolute Gasteiger partial charge is 0.483 e. The molecule has 1 saturated carbocycles. The second kappa shape index (κ2) is 6.94. The van der Waals surface area contributed by atoms with Gasteiger partial charge in [-0.25, -0.2) is 0 Å². The molecule has 1 aliphatic carbocycles. The van der Waals surface area contributed by atoms with Crippen molar-refractivity contribution in [1.82, 2.24) is 5.32 Å². The molecule has 2 N–H and O–H groups in total. The lowest BCUT2D eigenvalue weighted by Crippen LogP contribution is -2.53. The van der Waals surface area contributed by atoms with Gasteiger partial charge in [-0.3, -0.25) is 4.79 Å². The van der Waals surface area contributed by atoms with E-state index in [1.165, 1.54) is 6.42 Å². The average molecular weight is 291 g/mol. The van der Waals surface area contributed by atoms with Gasteiger partial charge in [0.05, 0.1) is 12.1 Å². The van der Waals surface area contributed by atoms with Gasteiger partial charge in [-0.2, -0.15) is 0 Å². The molecule has 0 saturated heterocycles. The number of nitrogens with one attached hydrogen (secondary N) is 1. The Bertz CT molecular complexity index is 473. The number of hydrogen-bond acceptors (Lipinski definition) is 3. The summed E-state index contributed by atoms with van der Waals surface area (Å²) in [7, 11) is 0. The summed E-state index contributed by atoms with van der Waals surface area (Å²) in [5, 5.41) is 12.6. The predicted molar refractivity (Wildman–Crippen MR) is 82.5 cm³/mol. The van der Waals surface area contributed by atoms with Gasteiger partial charge >= 0.3 is 0 Å². The molecule has 1 aliphatic rings. The van der Waals surface area contributed by atoms with Gasteiger partial charge in [0.1, 0.15) is 5.75 Å². The molecular weight excluding hydrogens is 266 g/mol. The fourth-order valence-corrected chi connectivity index (χ4v) is 3.05. The van der Waals surface area contributed by atoms with Crippen LogP contribution in [0.2, 0.25) is 0 Å². The van der Waals surface area contributed by atoms with Crippen molar-refractivity contribution in [2.45, 2.75) is 51.5 Å². The van der Waals surface area contributed by atoms with Gasteiger partial charge in [0, 0.05) is 0 Å². The second-order valence-corrected chi connectivity index (χ2v) is 6.06. The average Bonchev–Trinajstić information content (AvgIpc) is 2.47. The lowest BCUT2D eigenvalue weighted by atomic mass is 9.82. The van der Waals surface area contributed by atoms with Crippen LogP contribution in [0, 0.1) is 13.8 Å². The third-order valence-corrected chi connectivity index (χ3v) is 4.27. The zero-order chi connectivity index (χ0) is 15.3. The maximum absolute atomic E-state index is 12.1. The van der Waals surface area contributed by atoms with E-state index in [-0.39, 0.29) is 19.1 Å². The number of carbonyl (C=O) groups excluding carboxylic acids is 1. The zero-order valence-corrected chi connectivity index (χ0v) is 12.9. The summed E-state index contributed by atoms with van der Waals surface area (Å²) in [5.41, 5.74) is 1.61. The van der Waals surface area contributed by atoms with Crippen LogP contribution in [0.1, 0.15) is 43.2 Å². The molecule has 0 aromatic heterocycles. The third-order valence-electron chi connectivity index (χ3n) is 4.27. The molecule has 0 spiro atoms. The van der Waals surface area contributed by atoms with Crippen LogP contribution < -0.4 is 10.1 Å². The molecule has 4 nitrogen and oxygen atoms in total. The normalized spacial score (nSPS) is 17.3. The van der Waals surface area contributed by atoms with Gasteiger partial charge in [0.15, 0.2) is 6.61 Å². The molecule has 1 aromatic rings. The van der Waals surface area contributed by atoms with E-state index >= 15 is 0 Å². The molecule has 0 bridgehead atoms. The molecule has 0 aliphatic heterocycles. The molecule has 2 rings (SSSR count). The number of rotatable bonds is 5. The minimum Gasteiger partial charge on any atom is -0.483 e. The van der Waals surface area contributed by atoms with E-state index in [2.05, 4.69) is 5.32 Å². The van der Waals surface area contributed by atoms with Crippen molar-refractivity contribution in [3.63, 3.8) is 0 Å². The Morgan fingerprint density at radius 1 is 1.24 bits per heavy atom. The molecule has 0 radical (unpaired) electrons. The minimum atomic E-state index is -0.445. The van der Waals surface area contributed by atoms with E-state index in [1.54, 1.807) is 0 Å². The Morgan fingerprint density at radius 2 is 1.86 bits per heavy atom. The highest BCUT2D eigenvalue weighted by Gasteiger charge is 2.32. The van der Waals surface area contributed by atoms with Crippen molar-refractivity contribution in [3.8, 4) is 5.75 Å². The molecule has 0 atom stereocenters. The van der Waals surface area contributed by atoms with E-state index in [0.29, 0.717) is 0 Å². The zero-order valence-electron chi connectivity index (χ0n) is 12.9. The molecule has 1 aromatic carbocycles. The summed E-state index contributed by atoms with van der Waals surface area (Å²) in [5.74, 6) is 0.614. The highest BCUT2D eigenvalue weighted by atomic mass is 16.5. The number of aryl methyl sites for hydroxylation is 2. The van der Waals surface area contributed by atoms with Crippen LogP contribution in [-0.4, -0.2) is 29.8 Å². The van der Waals surface area contributed by atoms with Gasteiger partial charge in [-0.05, 0) is 37.8 Å². The van der Waals surface area contributed by atoms with Gasteiger partial charge in [0.2, 0.25) is 0 Å². The molecule has 21 heavy (non-hydrogen) atoms. The fraction of sp³-hybridized carbons (Fsp3) is 0.588. The predicted octanol–water partition coefficient (Wildman–Crippen LogP) is 2.49. The van der Waals surface area contributed by atoms with Crippen molar-refractivity contribution in [1.29, 1.82) is 0 Å². The lowest BCUT2D eigenvalue weighted by molar-refractivity contribution is -0.126. The molecule has 1 fully saturated rings. The van der Waals surface area contributed by atoms with Crippen molar-refractivity contribution >= 4 is 5.91 Å². The van der Waals surface area contributed by atoms with Crippen LogP contribution in [0.3, 0.4) is 0 Å². The SMILES string of the molecule is Cc1cccc(C)c1OCC(=O)NC1(CO)CCCCC1. The summed E-state index contributed by atoms with van der Waals surface area (Å²) >= 11 is 0. The molecular formula is C17H25NO3. The van der Waals surface area contributed by atoms with Crippen LogP contribution in [0.5, 0.6) is 5.75 Å². The van der Waals surface area contributed by atoms with Crippen LogP contribution >= 0.6 is 0 Å². The van der Waals surface area contributed by atoms with Crippen LogP contribution in [0.4, 0.5) is 0 Å². The second-order valence-electron chi connectivity index (χ2n) is 6.06. The van der Waals surface area contributed by atoms with Gasteiger partial charge < -0.3 is 15.2 Å². The first kappa shape index (κ1) is 15.8. The van der Waals surface area contributed by atoms with E-state index in [1.807, 2.05) is 32.0 Å². The van der Waals surface area contributed by atoms with Crippen molar-refractivity contribution in [2.24, 2.45) is 0 Å². The van der Waals surface area contributed by atoms with Crippen LogP contribution in [0.25, 0.3) is 0 Å². The third kappa shape index (κ3) is 3.97. The maximum Gasteiger partial charge on any atom is 0.258 e. The first-order valence-corrected chi connectivity index (χ1v) is 7.67. The van der Waals surface area contributed by atoms with E-state index < -0.39 is 5.54 Å². The number of aliphatic hydroxyl groups excluding tert-OH is 1. The summed E-state index contributed by atoms with van der Waals surface area (Å²) in [6.45, 7) is 3.93. The summed E-state index contributed by atoms with van der Waals surface area (Å²) in [6, 6.07) is 5.91. The lowest BCUT2D eigenvalue weighted by Gasteiger charge is -2.36. The number of benzene rings is 1. The Kier molecular flexibility index (Phi) is 5.23. The number of para-hydroxylation sites is 1. The number of ether oxygens (including phenoxy) is 1.